The molecule has 1 aliphatic heterocycles. The molecule has 1 aromatic carbocycles. The number of Topliss-reactive ketones (excluding diaryl/α,β-unsaturated/α-hetero) is 2. The normalized spacial score (nSPS) is 15.4. The van der Waals surface area contributed by atoms with Gasteiger partial charge in [-0.3, -0.25) is 9.59 Å². The van der Waals surface area contributed by atoms with Gasteiger partial charge in [0.05, 0.1) is 4.90 Å². The van der Waals surface area contributed by atoms with E-state index in [9.17, 15) is 18.0 Å². The Morgan fingerprint density at radius 3 is 2.21 bits per heavy atom. The summed E-state index contributed by atoms with van der Waals surface area (Å²) >= 11 is 1.49. The van der Waals surface area contributed by atoms with Crippen molar-refractivity contribution in [2.75, 3.05) is 13.1 Å². The Kier molecular flexibility index (Phi) is 6.71. The Labute approximate surface area is 176 Å². The van der Waals surface area contributed by atoms with Crippen molar-refractivity contribution in [1.29, 1.82) is 0 Å². The van der Waals surface area contributed by atoms with Crippen molar-refractivity contribution in [3.63, 3.8) is 0 Å². The summed E-state index contributed by atoms with van der Waals surface area (Å²) in [5, 5.41) is 0. The summed E-state index contributed by atoms with van der Waals surface area (Å²) in [5.74, 6) is -0.0593. The quantitative estimate of drug-likeness (QED) is 0.600. The molecule has 5 nitrogen and oxygen atoms in total. The van der Waals surface area contributed by atoms with E-state index in [1.807, 2.05) is 20.8 Å². The molecule has 2 heterocycles. The monoisotopic (exact) mass is 433 g/mol. The van der Waals surface area contributed by atoms with Crippen molar-refractivity contribution in [3.05, 3.63) is 50.7 Å². The Bertz CT molecular complexity index is 1010. The smallest absolute Gasteiger partial charge is 0.243 e. The Hall–Kier alpha value is -1.83. The first-order valence-corrected chi connectivity index (χ1v) is 12.3. The molecule has 1 aliphatic rings. The lowest BCUT2D eigenvalue weighted by Crippen LogP contribution is -2.35. The molecular weight excluding hydrogens is 406 g/mol. The van der Waals surface area contributed by atoms with Gasteiger partial charge < -0.3 is 0 Å². The van der Waals surface area contributed by atoms with Crippen molar-refractivity contribution in [2.24, 2.45) is 0 Å². The molecule has 0 unspecified atom stereocenters. The van der Waals surface area contributed by atoms with E-state index in [0.717, 1.165) is 34.6 Å². The van der Waals surface area contributed by atoms with E-state index in [4.69, 9.17) is 0 Å². The van der Waals surface area contributed by atoms with Crippen LogP contribution in [0.1, 0.15) is 68.6 Å². The van der Waals surface area contributed by atoms with Gasteiger partial charge >= 0.3 is 0 Å². The fourth-order valence-corrected chi connectivity index (χ4v) is 6.39. The highest BCUT2D eigenvalue weighted by Gasteiger charge is 2.26. The maximum atomic E-state index is 12.8. The number of aryl methyl sites for hydroxylation is 1. The maximum Gasteiger partial charge on any atom is 0.243 e. The molecule has 1 saturated heterocycles. The lowest BCUT2D eigenvalue weighted by Gasteiger charge is -2.25. The third-order valence-electron chi connectivity index (χ3n) is 5.51. The number of piperidine rings is 1. The molecule has 3 rings (SSSR count). The molecule has 0 radical (unpaired) electrons. The fourth-order valence-electron chi connectivity index (χ4n) is 3.68. The van der Waals surface area contributed by atoms with Gasteiger partial charge in [0, 0.05) is 46.8 Å². The largest absolute Gasteiger partial charge is 0.294 e. The van der Waals surface area contributed by atoms with E-state index in [-0.39, 0.29) is 22.9 Å². The van der Waals surface area contributed by atoms with Crippen LogP contribution in [0, 0.1) is 13.8 Å². The highest BCUT2D eigenvalue weighted by Crippen LogP contribution is 2.30. The highest BCUT2D eigenvalue weighted by atomic mass is 32.2. The molecule has 0 spiro atoms. The molecule has 1 aromatic heterocycles. The average molecular weight is 434 g/mol. The van der Waals surface area contributed by atoms with Crippen molar-refractivity contribution in [3.8, 4) is 0 Å². The van der Waals surface area contributed by atoms with E-state index >= 15 is 0 Å². The fraction of sp³-hybridized carbons (Fsp3) is 0.455. The topological polar surface area (TPSA) is 71.5 Å². The predicted molar refractivity (Wildman–Crippen MR) is 116 cm³/mol. The van der Waals surface area contributed by atoms with Crippen LogP contribution in [-0.4, -0.2) is 37.4 Å². The summed E-state index contributed by atoms with van der Waals surface area (Å²) < 4.78 is 27.0. The Morgan fingerprint density at radius 1 is 1.00 bits per heavy atom. The number of rotatable bonds is 7. The first-order valence-electron chi connectivity index (χ1n) is 10.0. The molecule has 1 fully saturated rings. The Balaban J connectivity index is 1.80. The number of hydrogen-bond donors (Lipinski definition) is 0. The molecule has 29 heavy (non-hydrogen) atoms. The predicted octanol–water partition coefficient (Wildman–Crippen LogP) is 4.56. The third kappa shape index (κ3) is 4.52. The van der Waals surface area contributed by atoms with Crippen LogP contribution in [0.15, 0.2) is 29.2 Å². The standard InChI is InChI=1S/C22H27NO4S2/c1-4-19(24)22-15(2)16(3)28-21(22)14-20(25)17-8-10-18(11-9-17)29(26,27)23-12-6-5-7-13-23/h8-11H,4-7,12-14H2,1-3H3. The SMILES string of the molecule is CCC(=O)c1c(CC(=O)c2ccc(S(=O)(=O)N3CCCCC3)cc2)sc(C)c1C. The number of ketones is 2. The third-order valence-corrected chi connectivity index (χ3v) is 8.63. The van der Waals surface area contributed by atoms with E-state index in [1.54, 1.807) is 12.1 Å². The number of carbonyl (C=O) groups is 2. The molecule has 0 saturated carbocycles. The van der Waals surface area contributed by atoms with Crippen LogP contribution in [0.2, 0.25) is 0 Å². The number of benzene rings is 1. The van der Waals surface area contributed by atoms with Crippen molar-refractivity contribution in [2.45, 2.75) is 57.8 Å². The van der Waals surface area contributed by atoms with Gasteiger partial charge in [0.15, 0.2) is 11.6 Å². The number of sulfonamides is 1. The van der Waals surface area contributed by atoms with Crippen LogP contribution < -0.4 is 0 Å². The van der Waals surface area contributed by atoms with E-state index < -0.39 is 10.0 Å². The number of carbonyl (C=O) groups excluding carboxylic acids is 2. The first kappa shape index (κ1) is 21.9. The highest BCUT2D eigenvalue weighted by molar-refractivity contribution is 7.89. The molecule has 0 N–H and O–H groups in total. The molecule has 0 bridgehead atoms. The van der Waals surface area contributed by atoms with Crippen LogP contribution in [0.5, 0.6) is 0 Å². The number of hydrogen-bond acceptors (Lipinski definition) is 5. The van der Waals surface area contributed by atoms with Crippen molar-refractivity contribution < 1.29 is 18.0 Å². The van der Waals surface area contributed by atoms with Crippen LogP contribution in [0.4, 0.5) is 0 Å². The summed E-state index contributed by atoms with van der Waals surface area (Å²) in [7, 11) is -3.51. The summed E-state index contributed by atoms with van der Waals surface area (Å²) in [4.78, 5) is 27.2. The minimum absolute atomic E-state index is 0.0534. The molecule has 2 aromatic rings. The molecular formula is C22H27NO4S2. The first-order chi connectivity index (χ1) is 13.8. The summed E-state index contributed by atoms with van der Waals surface area (Å²) in [6.07, 6.45) is 3.38. The maximum absolute atomic E-state index is 12.8. The second-order valence-corrected chi connectivity index (χ2v) is 10.7. The summed E-state index contributed by atoms with van der Waals surface area (Å²) in [6, 6.07) is 6.18. The molecule has 0 amide bonds. The summed E-state index contributed by atoms with van der Waals surface area (Å²) in [6.45, 7) is 6.80. The molecule has 7 heteroatoms. The minimum atomic E-state index is -3.51. The zero-order valence-electron chi connectivity index (χ0n) is 17.2. The van der Waals surface area contributed by atoms with Gasteiger partial charge in [-0.05, 0) is 44.4 Å². The average Bonchev–Trinajstić information content (AvgIpc) is 3.01. The van der Waals surface area contributed by atoms with Crippen LogP contribution in [0.25, 0.3) is 0 Å². The van der Waals surface area contributed by atoms with E-state index in [2.05, 4.69) is 0 Å². The van der Waals surface area contributed by atoms with Crippen LogP contribution in [0.3, 0.4) is 0 Å². The number of thiophene rings is 1. The minimum Gasteiger partial charge on any atom is -0.294 e. The lowest BCUT2D eigenvalue weighted by atomic mass is 9.99. The van der Waals surface area contributed by atoms with Gasteiger partial charge in [0.25, 0.3) is 0 Å². The van der Waals surface area contributed by atoms with Gasteiger partial charge in [-0.15, -0.1) is 11.3 Å². The zero-order valence-corrected chi connectivity index (χ0v) is 18.8. The van der Waals surface area contributed by atoms with Gasteiger partial charge in [-0.25, -0.2) is 8.42 Å². The Morgan fingerprint density at radius 2 is 1.62 bits per heavy atom. The summed E-state index contributed by atoms with van der Waals surface area (Å²) in [5.41, 5.74) is 2.08. The van der Waals surface area contributed by atoms with Crippen LogP contribution in [-0.2, 0) is 16.4 Å². The molecule has 156 valence electrons. The van der Waals surface area contributed by atoms with Gasteiger partial charge in [0.2, 0.25) is 10.0 Å². The number of nitrogens with zero attached hydrogens (tertiary/aromatic N) is 1. The van der Waals surface area contributed by atoms with Gasteiger partial charge in [0.1, 0.15) is 0 Å². The molecule has 0 atom stereocenters. The second-order valence-electron chi connectivity index (χ2n) is 7.45. The molecule has 0 aliphatic carbocycles. The van der Waals surface area contributed by atoms with Crippen molar-refractivity contribution >= 4 is 32.9 Å². The van der Waals surface area contributed by atoms with Gasteiger partial charge in [-0.2, -0.15) is 4.31 Å². The van der Waals surface area contributed by atoms with Gasteiger partial charge in [-0.1, -0.05) is 25.5 Å². The second kappa shape index (κ2) is 8.90. The lowest BCUT2D eigenvalue weighted by molar-refractivity contribution is 0.0986. The van der Waals surface area contributed by atoms with E-state index in [0.29, 0.717) is 30.6 Å². The van der Waals surface area contributed by atoms with Crippen LogP contribution >= 0.6 is 11.3 Å². The van der Waals surface area contributed by atoms with Crippen molar-refractivity contribution in [1.82, 2.24) is 4.31 Å². The van der Waals surface area contributed by atoms with E-state index in [1.165, 1.54) is 27.8 Å². The zero-order chi connectivity index (χ0) is 21.2.